The molecule has 0 aliphatic heterocycles. The summed E-state index contributed by atoms with van der Waals surface area (Å²) in [7, 11) is 0. The Balaban J connectivity index is 0.972. The van der Waals surface area contributed by atoms with Gasteiger partial charge >= 0.3 is 0 Å². The molecule has 14 aromatic rings. The lowest BCUT2D eigenvalue weighted by atomic mass is 9.67. The Morgan fingerprint density at radius 3 is 1.01 bits per heavy atom. The van der Waals surface area contributed by atoms with Gasteiger partial charge in [0.15, 0.2) is 0 Å². The predicted molar refractivity (Wildman–Crippen MR) is 336 cm³/mol. The fourth-order valence-corrected chi connectivity index (χ4v) is 12.3. The minimum Gasteiger partial charge on any atom is -0.254 e. The second kappa shape index (κ2) is 20.0. The van der Waals surface area contributed by atoms with Gasteiger partial charge in [-0.25, -0.2) is 9.97 Å². The molecule has 0 amide bonds. The second-order valence-corrected chi connectivity index (χ2v) is 20.9. The number of fused-ring (bicyclic) bond motifs is 9. The molecule has 0 bridgehead atoms. The summed E-state index contributed by atoms with van der Waals surface area (Å²) in [5.74, 6) is 0. The molecule has 1 aliphatic rings. The quantitative estimate of drug-likeness (QED) is 0.101. The minimum absolute atomic E-state index is 0.789. The van der Waals surface area contributed by atoms with Crippen molar-refractivity contribution in [2.75, 3.05) is 0 Å². The van der Waals surface area contributed by atoms with Crippen LogP contribution in [0.15, 0.2) is 291 Å². The third-order valence-corrected chi connectivity index (χ3v) is 16.2. The summed E-state index contributed by atoms with van der Waals surface area (Å²) >= 11 is 0. The first-order valence-electron chi connectivity index (χ1n) is 27.6. The van der Waals surface area contributed by atoms with E-state index >= 15 is 0 Å². The van der Waals surface area contributed by atoms with Gasteiger partial charge in [0.2, 0.25) is 0 Å². The third kappa shape index (κ3) is 8.41. The van der Waals surface area contributed by atoms with E-state index in [2.05, 4.69) is 279 Å². The minimum atomic E-state index is -0.789. The van der Waals surface area contributed by atoms with Crippen molar-refractivity contribution in [3.63, 3.8) is 0 Å². The van der Waals surface area contributed by atoms with Gasteiger partial charge in [0.05, 0.1) is 38.9 Å². The van der Waals surface area contributed by atoms with E-state index in [9.17, 15) is 0 Å². The van der Waals surface area contributed by atoms with E-state index in [1.54, 1.807) is 0 Å². The first-order chi connectivity index (χ1) is 40.1. The molecule has 378 valence electrons. The van der Waals surface area contributed by atoms with Gasteiger partial charge in [-0.1, -0.05) is 243 Å². The molecule has 4 heterocycles. The first-order valence-corrected chi connectivity index (χ1v) is 27.6. The molecule has 0 unspecified atom stereocenters. The van der Waals surface area contributed by atoms with Crippen molar-refractivity contribution >= 4 is 66.9 Å². The molecule has 10 aromatic carbocycles. The van der Waals surface area contributed by atoms with Gasteiger partial charge in [0.25, 0.3) is 0 Å². The smallest absolute Gasteiger partial charge is 0.0972 e. The van der Waals surface area contributed by atoms with Crippen LogP contribution in [0.1, 0.15) is 55.6 Å². The Kier molecular flexibility index (Phi) is 11.7. The van der Waals surface area contributed by atoms with Gasteiger partial charge < -0.3 is 0 Å². The Hall–Kier alpha value is -10.7. The number of rotatable bonds is 10. The van der Waals surface area contributed by atoms with E-state index in [1.807, 2.05) is 24.5 Å². The Morgan fingerprint density at radius 2 is 0.642 bits per heavy atom. The van der Waals surface area contributed by atoms with Crippen LogP contribution in [0.25, 0.3) is 101 Å². The fourth-order valence-electron chi connectivity index (χ4n) is 12.3. The summed E-state index contributed by atoms with van der Waals surface area (Å²) < 4.78 is 0. The lowest BCUT2D eigenvalue weighted by Gasteiger charge is -2.34. The lowest BCUT2D eigenvalue weighted by molar-refractivity contribution is 0.768. The highest BCUT2D eigenvalue weighted by Gasteiger charge is 2.46. The van der Waals surface area contributed by atoms with Crippen LogP contribution < -0.4 is 0 Å². The van der Waals surface area contributed by atoms with Crippen molar-refractivity contribution in [2.45, 2.75) is 5.41 Å². The maximum absolute atomic E-state index is 5.32. The summed E-state index contributed by atoms with van der Waals surface area (Å²) in [5, 5.41) is 4.27. The van der Waals surface area contributed by atoms with Crippen LogP contribution >= 0.6 is 0 Å². The van der Waals surface area contributed by atoms with Crippen LogP contribution in [-0.2, 0) is 5.41 Å². The first kappa shape index (κ1) is 47.5. The molecule has 0 radical (unpaired) electrons. The number of hydrogen-bond donors (Lipinski definition) is 0. The molecule has 0 fully saturated rings. The standard InChI is InChI=1S/C77H50N4/c1-5-15-53(16-6-1)67(54-17-7-2-8-18-54)47-51-25-41-65-66-42-26-52(48-68(55-19-9-3-10-20-55)56-21-11-4-12-22-56)50-70(66)77(69(65)49-51,63-37-31-57(32-38-63)71-43-35-61-29-27-59-23-13-45-78-73(59)75(61)80-71)64-39-33-58(34-40-64)72-44-36-62-30-28-60-24-14-46-79-74(60)76(62)81-72/h1-50H. The summed E-state index contributed by atoms with van der Waals surface area (Å²) in [6.07, 6.45) is 8.42. The average Bonchev–Trinajstić information content (AvgIpc) is 2.41. The molecular weight excluding hydrogens is 981 g/mol. The molecule has 0 atom stereocenters. The molecule has 0 N–H and O–H groups in total. The van der Waals surface area contributed by atoms with E-state index in [0.29, 0.717) is 0 Å². The summed E-state index contributed by atoms with van der Waals surface area (Å²) in [4.78, 5) is 20.2. The maximum Gasteiger partial charge on any atom is 0.0972 e. The van der Waals surface area contributed by atoms with Crippen LogP contribution in [0.5, 0.6) is 0 Å². The zero-order valence-corrected chi connectivity index (χ0v) is 44.2. The topological polar surface area (TPSA) is 51.6 Å². The number of aromatic nitrogens is 4. The third-order valence-electron chi connectivity index (χ3n) is 16.2. The summed E-state index contributed by atoms with van der Waals surface area (Å²) in [6.45, 7) is 0. The molecule has 81 heavy (non-hydrogen) atoms. The highest BCUT2D eigenvalue weighted by molar-refractivity contribution is 6.05. The van der Waals surface area contributed by atoms with E-state index < -0.39 is 5.41 Å². The van der Waals surface area contributed by atoms with Crippen LogP contribution in [0.2, 0.25) is 0 Å². The molecule has 4 nitrogen and oxygen atoms in total. The van der Waals surface area contributed by atoms with Gasteiger partial charge in [-0.15, -0.1) is 0 Å². The number of hydrogen-bond acceptors (Lipinski definition) is 4. The van der Waals surface area contributed by atoms with Crippen molar-refractivity contribution in [1.82, 2.24) is 19.9 Å². The van der Waals surface area contributed by atoms with Crippen LogP contribution in [0.4, 0.5) is 0 Å². The molecule has 4 aromatic heterocycles. The van der Waals surface area contributed by atoms with Crippen LogP contribution in [0.3, 0.4) is 0 Å². The number of benzene rings is 10. The molecule has 0 spiro atoms. The Bertz CT molecular complexity index is 4370. The maximum atomic E-state index is 5.32. The molecule has 0 saturated carbocycles. The zero-order chi connectivity index (χ0) is 53.7. The predicted octanol–water partition coefficient (Wildman–Crippen LogP) is 18.8. The molecule has 1 aliphatic carbocycles. The molecule has 0 saturated heterocycles. The van der Waals surface area contributed by atoms with Crippen LogP contribution in [0, 0.1) is 0 Å². The van der Waals surface area contributed by atoms with Crippen molar-refractivity contribution in [2.24, 2.45) is 0 Å². The summed E-state index contributed by atoms with van der Waals surface area (Å²) in [6, 6.07) is 101. The normalized spacial score (nSPS) is 12.3. The number of nitrogens with zero attached hydrogens (tertiary/aromatic N) is 4. The van der Waals surface area contributed by atoms with Crippen molar-refractivity contribution in [1.29, 1.82) is 0 Å². The monoisotopic (exact) mass is 1030 g/mol. The van der Waals surface area contributed by atoms with Gasteiger partial charge in [-0.2, -0.15) is 0 Å². The highest BCUT2D eigenvalue weighted by atomic mass is 14.8. The van der Waals surface area contributed by atoms with E-state index in [0.717, 1.165) is 122 Å². The molecule has 15 rings (SSSR count). The van der Waals surface area contributed by atoms with Gasteiger partial charge in [-0.05, 0) is 126 Å². The second-order valence-electron chi connectivity index (χ2n) is 20.9. The molecule has 4 heteroatoms. The van der Waals surface area contributed by atoms with E-state index in [-0.39, 0.29) is 0 Å². The lowest BCUT2D eigenvalue weighted by Crippen LogP contribution is -2.28. The highest BCUT2D eigenvalue weighted by Crippen LogP contribution is 2.57. The molecular formula is C77H50N4. The van der Waals surface area contributed by atoms with E-state index in [4.69, 9.17) is 19.9 Å². The van der Waals surface area contributed by atoms with Crippen molar-refractivity contribution in [3.8, 4) is 33.6 Å². The number of pyridine rings is 4. The largest absolute Gasteiger partial charge is 0.254 e. The van der Waals surface area contributed by atoms with Gasteiger partial charge in [-0.3, -0.25) is 9.97 Å². The Morgan fingerprint density at radius 1 is 0.296 bits per heavy atom. The fraction of sp³-hybridized carbons (Fsp3) is 0.0130. The Labute approximate surface area is 470 Å². The van der Waals surface area contributed by atoms with Gasteiger partial charge in [0, 0.05) is 45.1 Å². The zero-order valence-electron chi connectivity index (χ0n) is 44.2. The van der Waals surface area contributed by atoms with Crippen LogP contribution in [-0.4, -0.2) is 19.9 Å². The van der Waals surface area contributed by atoms with E-state index in [1.165, 1.54) is 22.3 Å². The van der Waals surface area contributed by atoms with Crippen molar-refractivity contribution in [3.05, 3.63) is 347 Å². The van der Waals surface area contributed by atoms with Gasteiger partial charge in [0.1, 0.15) is 0 Å². The van der Waals surface area contributed by atoms with Crippen molar-refractivity contribution < 1.29 is 0 Å². The average molecular weight is 1030 g/mol. The summed E-state index contributed by atoms with van der Waals surface area (Å²) in [5.41, 5.74) is 22.9. The SMILES string of the molecule is C(=C(c1ccccc1)c1ccccc1)c1ccc2c(c1)C(c1ccc(-c3ccc4ccc5cccnc5c4n3)cc1)(c1ccc(-c3ccc4ccc5cccnc5c4n3)cc1)c1cc(C=C(c3ccccc3)c3ccccc3)ccc1-2.